The van der Waals surface area contributed by atoms with Crippen molar-refractivity contribution in [1.29, 1.82) is 0 Å². The lowest BCUT2D eigenvalue weighted by atomic mass is 10.0. The van der Waals surface area contributed by atoms with Gasteiger partial charge in [-0.2, -0.15) is 0 Å². The minimum absolute atomic E-state index is 0.219. The largest absolute Gasteiger partial charge is 0.310 e. The third-order valence-corrected chi connectivity index (χ3v) is 5.20. The highest BCUT2D eigenvalue weighted by atomic mass is 32.2. The van der Waals surface area contributed by atoms with Crippen molar-refractivity contribution in [2.24, 2.45) is 0 Å². The molecule has 0 radical (unpaired) electrons. The number of nitrogens with one attached hydrogen (secondary N) is 2. The molecule has 5 heteroatoms. The van der Waals surface area contributed by atoms with Gasteiger partial charge in [0, 0.05) is 11.6 Å². The summed E-state index contributed by atoms with van der Waals surface area (Å²) < 4.78 is 27.6. The Bertz CT molecular complexity index is 536. The van der Waals surface area contributed by atoms with Gasteiger partial charge in [0.05, 0.1) is 4.90 Å². The fourth-order valence-corrected chi connectivity index (χ4v) is 3.90. The standard InChI is InChI=1S/C16H28N2O2S/c1-6-12-16(4,5)18-21(19,20)15-10-8-14(9-11-15)13(3)17-7-2/h8-11,13,17-18H,6-7,12H2,1-5H3. The Labute approximate surface area is 129 Å². The van der Waals surface area contributed by atoms with Crippen LogP contribution in [0.15, 0.2) is 29.2 Å². The second kappa shape index (κ2) is 7.38. The summed E-state index contributed by atoms with van der Waals surface area (Å²) in [6.45, 7) is 10.9. The van der Waals surface area contributed by atoms with Crippen LogP contribution in [0.2, 0.25) is 0 Å². The van der Waals surface area contributed by atoms with Crippen LogP contribution in [0.5, 0.6) is 0 Å². The Morgan fingerprint density at radius 1 is 1.14 bits per heavy atom. The second-order valence-electron chi connectivity index (χ2n) is 6.09. The average molecular weight is 312 g/mol. The Hall–Kier alpha value is -0.910. The summed E-state index contributed by atoms with van der Waals surface area (Å²) in [5.74, 6) is 0. The maximum Gasteiger partial charge on any atom is 0.241 e. The minimum Gasteiger partial charge on any atom is -0.310 e. The van der Waals surface area contributed by atoms with E-state index in [1.165, 1.54) is 0 Å². The van der Waals surface area contributed by atoms with Gasteiger partial charge in [-0.1, -0.05) is 32.4 Å². The van der Waals surface area contributed by atoms with Gasteiger partial charge in [0.1, 0.15) is 0 Å². The van der Waals surface area contributed by atoms with Crippen molar-refractivity contribution in [3.8, 4) is 0 Å². The smallest absolute Gasteiger partial charge is 0.241 e. The third-order valence-electron chi connectivity index (χ3n) is 3.49. The average Bonchev–Trinajstić information content (AvgIpc) is 2.37. The fraction of sp³-hybridized carbons (Fsp3) is 0.625. The van der Waals surface area contributed by atoms with Crippen molar-refractivity contribution >= 4 is 10.0 Å². The molecule has 21 heavy (non-hydrogen) atoms. The summed E-state index contributed by atoms with van der Waals surface area (Å²) >= 11 is 0. The van der Waals surface area contributed by atoms with Gasteiger partial charge < -0.3 is 5.32 Å². The Morgan fingerprint density at radius 3 is 2.19 bits per heavy atom. The summed E-state index contributed by atoms with van der Waals surface area (Å²) in [6, 6.07) is 7.31. The van der Waals surface area contributed by atoms with E-state index < -0.39 is 15.6 Å². The number of benzene rings is 1. The molecule has 120 valence electrons. The van der Waals surface area contributed by atoms with Crippen LogP contribution >= 0.6 is 0 Å². The van der Waals surface area contributed by atoms with E-state index in [-0.39, 0.29) is 6.04 Å². The summed E-state index contributed by atoms with van der Waals surface area (Å²) in [7, 11) is -3.47. The summed E-state index contributed by atoms with van der Waals surface area (Å²) in [6.07, 6.45) is 1.75. The zero-order chi connectivity index (χ0) is 16.1. The Balaban J connectivity index is 2.90. The fourth-order valence-electron chi connectivity index (χ4n) is 2.46. The van der Waals surface area contributed by atoms with E-state index in [0.717, 1.165) is 24.9 Å². The quantitative estimate of drug-likeness (QED) is 0.775. The van der Waals surface area contributed by atoms with Gasteiger partial charge in [-0.15, -0.1) is 0 Å². The SMILES string of the molecule is CCCC(C)(C)NS(=O)(=O)c1ccc(C(C)NCC)cc1. The van der Waals surface area contributed by atoms with Gasteiger partial charge in [0.25, 0.3) is 0 Å². The lowest BCUT2D eigenvalue weighted by Gasteiger charge is -2.25. The number of sulfonamides is 1. The minimum atomic E-state index is -3.47. The molecule has 0 fully saturated rings. The van der Waals surface area contributed by atoms with Gasteiger partial charge in [0.2, 0.25) is 10.0 Å². The predicted molar refractivity (Wildman–Crippen MR) is 87.8 cm³/mol. The van der Waals surface area contributed by atoms with Crippen molar-refractivity contribution in [1.82, 2.24) is 10.0 Å². The molecule has 0 bridgehead atoms. The number of rotatable bonds is 8. The molecule has 2 N–H and O–H groups in total. The van der Waals surface area contributed by atoms with Crippen molar-refractivity contribution < 1.29 is 8.42 Å². The van der Waals surface area contributed by atoms with Crippen LogP contribution in [0.4, 0.5) is 0 Å². The maximum absolute atomic E-state index is 12.4. The normalized spacial score (nSPS) is 14.1. The lowest BCUT2D eigenvalue weighted by Crippen LogP contribution is -2.43. The van der Waals surface area contributed by atoms with E-state index in [4.69, 9.17) is 0 Å². The molecule has 0 saturated carbocycles. The first-order valence-corrected chi connectivity index (χ1v) is 9.07. The van der Waals surface area contributed by atoms with Gasteiger partial charge in [-0.05, 0) is 51.4 Å². The molecule has 0 aromatic heterocycles. The first-order chi connectivity index (χ1) is 9.72. The number of hydrogen-bond donors (Lipinski definition) is 2. The molecule has 4 nitrogen and oxygen atoms in total. The van der Waals surface area contributed by atoms with Gasteiger partial charge >= 0.3 is 0 Å². The highest BCUT2D eigenvalue weighted by Crippen LogP contribution is 2.19. The van der Waals surface area contributed by atoms with E-state index >= 15 is 0 Å². The molecule has 1 rings (SSSR count). The molecule has 0 amide bonds. The van der Waals surface area contributed by atoms with Crippen molar-refractivity contribution in [3.05, 3.63) is 29.8 Å². The molecule has 0 aliphatic heterocycles. The highest BCUT2D eigenvalue weighted by Gasteiger charge is 2.25. The van der Waals surface area contributed by atoms with Crippen LogP contribution in [0.25, 0.3) is 0 Å². The van der Waals surface area contributed by atoms with Crippen molar-refractivity contribution in [2.45, 2.75) is 63.9 Å². The lowest BCUT2D eigenvalue weighted by molar-refractivity contribution is 0.417. The van der Waals surface area contributed by atoms with Crippen LogP contribution in [0.1, 0.15) is 59.1 Å². The summed E-state index contributed by atoms with van der Waals surface area (Å²) in [5.41, 5.74) is 0.659. The van der Waals surface area contributed by atoms with Gasteiger partial charge in [0.15, 0.2) is 0 Å². The van der Waals surface area contributed by atoms with Crippen molar-refractivity contribution in [2.75, 3.05) is 6.54 Å². The highest BCUT2D eigenvalue weighted by molar-refractivity contribution is 7.89. The molecule has 1 aromatic carbocycles. The van der Waals surface area contributed by atoms with Crippen LogP contribution in [-0.2, 0) is 10.0 Å². The van der Waals surface area contributed by atoms with Crippen LogP contribution in [0, 0.1) is 0 Å². The zero-order valence-corrected chi connectivity index (χ0v) is 14.5. The topological polar surface area (TPSA) is 58.2 Å². The molecule has 0 aliphatic carbocycles. The van der Waals surface area contributed by atoms with E-state index in [2.05, 4.69) is 23.9 Å². The first-order valence-electron chi connectivity index (χ1n) is 7.59. The van der Waals surface area contributed by atoms with Gasteiger partial charge in [-0.25, -0.2) is 13.1 Å². The third kappa shape index (κ3) is 5.41. The number of hydrogen-bond acceptors (Lipinski definition) is 3. The molecule has 0 heterocycles. The molecule has 0 spiro atoms. The molecule has 0 saturated heterocycles. The van der Waals surface area contributed by atoms with Crippen LogP contribution in [0.3, 0.4) is 0 Å². The van der Waals surface area contributed by atoms with Crippen molar-refractivity contribution in [3.63, 3.8) is 0 Å². The van der Waals surface area contributed by atoms with E-state index in [9.17, 15) is 8.42 Å². The van der Waals surface area contributed by atoms with Crippen LogP contribution < -0.4 is 10.0 Å². The summed E-state index contributed by atoms with van der Waals surface area (Å²) in [5, 5.41) is 3.31. The maximum atomic E-state index is 12.4. The molecular formula is C16H28N2O2S. The zero-order valence-electron chi connectivity index (χ0n) is 13.7. The van der Waals surface area contributed by atoms with E-state index in [1.807, 2.05) is 32.9 Å². The Kier molecular flexibility index (Phi) is 6.38. The van der Waals surface area contributed by atoms with Crippen LogP contribution in [-0.4, -0.2) is 20.5 Å². The molecule has 0 aliphatic rings. The monoisotopic (exact) mass is 312 g/mol. The molecule has 1 unspecified atom stereocenters. The molecule has 1 atom stereocenters. The summed E-state index contributed by atoms with van der Waals surface area (Å²) in [4.78, 5) is 0.319. The Morgan fingerprint density at radius 2 is 1.71 bits per heavy atom. The molecular weight excluding hydrogens is 284 g/mol. The second-order valence-corrected chi connectivity index (χ2v) is 7.77. The molecule has 1 aromatic rings. The van der Waals surface area contributed by atoms with E-state index in [1.54, 1.807) is 12.1 Å². The van der Waals surface area contributed by atoms with E-state index in [0.29, 0.717) is 4.90 Å². The van der Waals surface area contributed by atoms with Gasteiger partial charge in [-0.3, -0.25) is 0 Å². The predicted octanol–water partition coefficient (Wildman–Crippen LogP) is 3.21. The first kappa shape index (κ1) is 18.1.